The molecule has 106 valence electrons. The number of pyridine rings is 1. The van der Waals surface area contributed by atoms with Gasteiger partial charge in [-0.2, -0.15) is 0 Å². The molecule has 2 nitrogen and oxygen atoms in total. The minimum Gasteiger partial charge on any atom is -0.293 e. The molecule has 4 bridgehead atoms. The van der Waals surface area contributed by atoms with Crippen LogP contribution < -0.4 is 0 Å². The quantitative estimate of drug-likeness (QED) is 0.754. The molecule has 2 atom stereocenters. The lowest BCUT2D eigenvalue weighted by Crippen LogP contribution is -2.54. The summed E-state index contributed by atoms with van der Waals surface area (Å²) in [6.45, 7) is 4.46. The molecule has 0 aliphatic heterocycles. The minimum atomic E-state index is -0.0629. The van der Waals surface area contributed by atoms with Crippen LogP contribution in [0.25, 0.3) is 0 Å². The van der Waals surface area contributed by atoms with E-state index in [1.807, 2.05) is 13.0 Å². The molecule has 0 N–H and O–H groups in total. The van der Waals surface area contributed by atoms with E-state index in [9.17, 15) is 4.79 Å². The first-order chi connectivity index (χ1) is 9.50. The van der Waals surface area contributed by atoms with Crippen molar-refractivity contribution in [1.82, 2.24) is 4.98 Å². The van der Waals surface area contributed by atoms with Crippen molar-refractivity contribution < 1.29 is 4.79 Å². The van der Waals surface area contributed by atoms with Gasteiger partial charge in [-0.15, -0.1) is 0 Å². The van der Waals surface area contributed by atoms with Crippen molar-refractivity contribution in [2.75, 3.05) is 0 Å². The highest BCUT2D eigenvalue weighted by atomic mass is 16.1. The Labute approximate surface area is 121 Å². The summed E-state index contributed by atoms with van der Waals surface area (Å²) in [4.78, 5) is 17.4. The van der Waals surface area contributed by atoms with Gasteiger partial charge in [0.25, 0.3) is 0 Å². The van der Waals surface area contributed by atoms with Crippen LogP contribution in [0.15, 0.2) is 18.5 Å². The Balaban J connectivity index is 1.75. The summed E-state index contributed by atoms with van der Waals surface area (Å²) < 4.78 is 0. The number of carbonyl (C=O) groups excluding carboxylic acids is 1. The molecular weight excluding hydrogens is 246 g/mol. The highest BCUT2D eigenvalue weighted by molar-refractivity contribution is 6.01. The highest BCUT2D eigenvalue weighted by Crippen LogP contribution is 2.65. The average Bonchev–Trinajstić information content (AvgIpc) is 2.35. The lowest BCUT2D eigenvalue weighted by atomic mass is 9.43. The van der Waals surface area contributed by atoms with Gasteiger partial charge in [0.2, 0.25) is 0 Å². The minimum absolute atomic E-state index is 0.0629. The maximum absolute atomic E-state index is 13.2. The maximum atomic E-state index is 13.2. The van der Waals surface area contributed by atoms with Crippen molar-refractivity contribution >= 4 is 5.78 Å². The number of rotatable bonds is 2. The van der Waals surface area contributed by atoms with Crippen LogP contribution >= 0.6 is 0 Å². The Morgan fingerprint density at radius 1 is 1.25 bits per heavy atom. The van der Waals surface area contributed by atoms with E-state index in [1.165, 1.54) is 19.3 Å². The fraction of sp³-hybridized carbons (Fsp3) is 0.667. The zero-order valence-corrected chi connectivity index (χ0v) is 12.5. The predicted octanol–water partition coefficient (Wildman–Crippen LogP) is 4.18. The number of aromatic nitrogens is 1. The van der Waals surface area contributed by atoms with Gasteiger partial charge in [-0.1, -0.05) is 6.92 Å². The van der Waals surface area contributed by atoms with Crippen LogP contribution in [-0.2, 0) is 0 Å². The first-order valence-corrected chi connectivity index (χ1v) is 7.95. The van der Waals surface area contributed by atoms with Gasteiger partial charge in [-0.05, 0) is 74.3 Å². The average molecular weight is 269 g/mol. The molecule has 2 heteroatoms. The molecule has 4 saturated carbocycles. The molecule has 0 saturated heterocycles. The fourth-order valence-electron chi connectivity index (χ4n) is 5.97. The lowest BCUT2D eigenvalue weighted by molar-refractivity contribution is -0.0820. The summed E-state index contributed by atoms with van der Waals surface area (Å²) in [6.07, 6.45) is 11.0. The number of aryl methyl sites for hydroxylation is 1. The van der Waals surface area contributed by atoms with Crippen molar-refractivity contribution in [2.24, 2.45) is 22.7 Å². The standard InChI is InChI=1S/C18H23NO/c1-12-3-4-19-10-15(12)16(20)18-8-13-5-14(9-18)7-17(2,6-13)11-18/h3-4,10,13-14H,5-9,11H2,1-2H3. The summed E-state index contributed by atoms with van der Waals surface area (Å²) >= 11 is 0. The fourth-order valence-corrected chi connectivity index (χ4v) is 5.97. The van der Waals surface area contributed by atoms with E-state index < -0.39 is 0 Å². The summed E-state index contributed by atoms with van der Waals surface area (Å²) in [7, 11) is 0. The third-order valence-corrected chi connectivity index (χ3v) is 6.12. The van der Waals surface area contributed by atoms with E-state index in [4.69, 9.17) is 0 Å². The predicted molar refractivity (Wildman–Crippen MR) is 78.5 cm³/mol. The second kappa shape index (κ2) is 3.93. The van der Waals surface area contributed by atoms with E-state index in [1.54, 1.807) is 12.4 Å². The molecule has 2 unspecified atom stereocenters. The number of Topliss-reactive ketones (excluding diaryl/α,β-unsaturated/α-hetero) is 1. The van der Waals surface area contributed by atoms with Gasteiger partial charge in [-0.25, -0.2) is 0 Å². The Bertz CT molecular complexity index is 563. The summed E-state index contributed by atoms with van der Waals surface area (Å²) in [5.41, 5.74) is 2.33. The van der Waals surface area contributed by atoms with Gasteiger partial charge in [0.05, 0.1) is 0 Å². The zero-order valence-electron chi connectivity index (χ0n) is 12.5. The third-order valence-electron chi connectivity index (χ3n) is 6.12. The molecule has 0 aromatic carbocycles. The summed E-state index contributed by atoms with van der Waals surface area (Å²) in [5.74, 6) is 1.98. The smallest absolute Gasteiger partial charge is 0.170 e. The molecule has 0 amide bonds. The van der Waals surface area contributed by atoms with Crippen molar-refractivity contribution in [3.05, 3.63) is 29.6 Å². The van der Waals surface area contributed by atoms with Crippen molar-refractivity contribution in [1.29, 1.82) is 0 Å². The van der Waals surface area contributed by atoms with Crippen molar-refractivity contribution in [3.63, 3.8) is 0 Å². The van der Waals surface area contributed by atoms with Gasteiger partial charge in [0.1, 0.15) is 0 Å². The number of carbonyl (C=O) groups is 1. The highest BCUT2D eigenvalue weighted by Gasteiger charge is 2.58. The molecule has 1 aromatic heterocycles. The van der Waals surface area contributed by atoms with E-state index in [-0.39, 0.29) is 5.41 Å². The number of nitrogens with zero attached hydrogens (tertiary/aromatic N) is 1. The topological polar surface area (TPSA) is 30.0 Å². The van der Waals surface area contributed by atoms with Gasteiger partial charge in [0, 0.05) is 23.4 Å². The Morgan fingerprint density at radius 2 is 1.95 bits per heavy atom. The van der Waals surface area contributed by atoms with Crippen LogP contribution in [0.4, 0.5) is 0 Å². The van der Waals surface area contributed by atoms with Crippen molar-refractivity contribution in [3.8, 4) is 0 Å². The second-order valence-electron chi connectivity index (χ2n) is 8.07. The molecule has 4 aliphatic rings. The maximum Gasteiger partial charge on any atom is 0.170 e. The molecule has 20 heavy (non-hydrogen) atoms. The number of hydrogen-bond donors (Lipinski definition) is 0. The van der Waals surface area contributed by atoms with Gasteiger partial charge in [0.15, 0.2) is 5.78 Å². The van der Waals surface area contributed by atoms with Crippen LogP contribution in [0.2, 0.25) is 0 Å². The molecule has 5 rings (SSSR count). The summed E-state index contributed by atoms with van der Waals surface area (Å²) in [5, 5.41) is 0. The SMILES string of the molecule is Cc1ccncc1C(=O)C12CC3CC(CC(C)(C3)C1)C2. The Kier molecular flexibility index (Phi) is 2.47. The largest absolute Gasteiger partial charge is 0.293 e. The molecule has 0 radical (unpaired) electrons. The van der Waals surface area contributed by atoms with Crippen LogP contribution in [0.5, 0.6) is 0 Å². The first-order valence-electron chi connectivity index (χ1n) is 7.95. The number of ketones is 1. The van der Waals surface area contributed by atoms with Crippen LogP contribution in [0.1, 0.15) is 61.4 Å². The first kappa shape index (κ1) is 12.6. The zero-order chi connectivity index (χ0) is 14.0. The van der Waals surface area contributed by atoms with Gasteiger partial charge >= 0.3 is 0 Å². The second-order valence-corrected chi connectivity index (χ2v) is 8.07. The Hall–Kier alpha value is -1.18. The Morgan fingerprint density at radius 3 is 2.55 bits per heavy atom. The van der Waals surface area contributed by atoms with E-state index in [0.29, 0.717) is 11.2 Å². The third kappa shape index (κ3) is 1.70. The molecule has 1 aromatic rings. The summed E-state index contributed by atoms with van der Waals surface area (Å²) in [6, 6.07) is 1.97. The van der Waals surface area contributed by atoms with E-state index in [2.05, 4.69) is 11.9 Å². The van der Waals surface area contributed by atoms with E-state index in [0.717, 1.165) is 42.2 Å². The van der Waals surface area contributed by atoms with Gasteiger partial charge < -0.3 is 0 Å². The van der Waals surface area contributed by atoms with E-state index >= 15 is 0 Å². The molecule has 4 aliphatic carbocycles. The molecule has 0 spiro atoms. The normalized spacial score (nSPS) is 41.9. The van der Waals surface area contributed by atoms with Gasteiger partial charge in [-0.3, -0.25) is 9.78 Å². The van der Waals surface area contributed by atoms with Crippen molar-refractivity contribution in [2.45, 2.75) is 52.4 Å². The van der Waals surface area contributed by atoms with Crippen LogP contribution in [-0.4, -0.2) is 10.8 Å². The van der Waals surface area contributed by atoms with Crippen LogP contribution in [0.3, 0.4) is 0 Å². The molecule has 1 heterocycles. The monoisotopic (exact) mass is 269 g/mol. The number of hydrogen-bond acceptors (Lipinski definition) is 2. The van der Waals surface area contributed by atoms with Crippen LogP contribution in [0, 0.1) is 29.6 Å². The molecular formula is C18H23NO. The lowest BCUT2D eigenvalue weighted by Gasteiger charge is -2.60. The molecule has 4 fully saturated rings.